The third-order valence-corrected chi connectivity index (χ3v) is 8.90. The van der Waals surface area contributed by atoms with Crippen molar-refractivity contribution in [1.29, 1.82) is 0 Å². The minimum Gasteiger partial charge on any atom is -0.249 e. The van der Waals surface area contributed by atoms with Crippen LogP contribution in [0.4, 0.5) is 8.78 Å². The highest BCUT2D eigenvalue weighted by Gasteiger charge is 2.24. The maximum atomic E-state index is 14.8. The monoisotopic (exact) mass is 612 g/mol. The zero-order valence-corrected chi connectivity index (χ0v) is 26.3. The van der Waals surface area contributed by atoms with E-state index < -0.39 is 0 Å². The summed E-state index contributed by atoms with van der Waals surface area (Å²) in [7, 11) is 0. The molecule has 5 aromatic carbocycles. The molecule has 0 unspecified atom stereocenters. The topological polar surface area (TPSA) is 51.6 Å². The standard InChI is InChI=1S/C38H30F2N4S/c1-5-31-32(6-2)42-36-34(26-15-11-24(12-16-26)28-18-8-22(4)20-30(28)40)38-37(43-45-44-38)33(35(36)41-31)25-13-9-23(10-14-25)27-17-7-21(3)19-29(27)39/h7-20H,5-6H2,1-4H3. The van der Waals surface area contributed by atoms with Gasteiger partial charge in [0, 0.05) is 22.3 Å². The Kier molecular flexibility index (Phi) is 7.42. The Morgan fingerprint density at radius 3 is 1.24 bits per heavy atom. The van der Waals surface area contributed by atoms with Crippen molar-refractivity contribution in [3.8, 4) is 44.5 Å². The molecule has 45 heavy (non-hydrogen) atoms. The number of rotatable bonds is 6. The van der Waals surface area contributed by atoms with E-state index >= 15 is 0 Å². The Labute approximate surface area is 264 Å². The van der Waals surface area contributed by atoms with Crippen LogP contribution < -0.4 is 0 Å². The Morgan fingerprint density at radius 2 is 0.889 bits per heavy atom. The molecule has 0 spiro atoms. The van der Waals surface area contributed by atoms with Crippen molar-refractivity contribution in [1.82, 2.24) is 18.7 Å². The van der Waals surface area contributed by atoms with Gasteiger partial charge in [0.15, 0.2) is 0 Å². The lowest BCUT2D eigenvalue weighted by molar-refractivity contribution is 0.629. The minimum absolute atomic E-state index is 0.245. The van der Waals surface area contributed by atoms with Gasteiger partial charge in [-0.25, -0.2) is 18.7 Å². The molecule has 0 saturated heterocycles. The van der Waals surface area contributed by atoms with E-state index in [1.807, 2.05) is 86.6 Å². The van der Waals surface area contributed by atoms with Crippen molar-refractivity contribution in [2.75, 3.05) is 0 Å². The van der Waals surface area contributed by atoms with Crippen molar-refractivity contribution in [3.63, 3.8) is 0 Å². The number of halogens is 2. The number of hydrogen-bond donors (Lipinski definition) is 0. The molecular formula is C38H30F2N4S. The number of hydrogen-bond acceptors (Lipinski definition) is 5. The van der Waals surface area contributed by atoms with Crippen LogP contribution in [0.1, 0.15) is 36.4 Å². The smallest absolute Gasteiger partial charge is 0.131 e. The van der Waals surface area contributed by atoms with Crippen LogP contribution in [-0.4, -0.2) is 18.7 Å². The van der Waals surface area contributed by atoms with E-state index in [0.29, 0.717) is 11.1 Å². The SMILES string of the molecule is CCc1nc2c(-c3ccc(-c4ccc(C)cc4F)cc3)c3nsnc3c(-c3ccc(-c4ccc(C)cc4F)cc3)c2nc1CC. The van der Waals surface area contributed by atoms with Crippen LogP contribution in [0.2, 0.25) is 0 Å². The van der Waals surface area contributed by atoms with E-state index in [2.05, 4.69) is 13.8 Å². The summed E-state index contributed by atoms with van der Waals surface area (Å²) in [5.41, 5.74) is 12.9. The van der Waals surface area contributed by atoms with Crippen LogP contribution >= 0.6 is 11.7 Å². The predicted octanol–water partition coefficient (Wildman–Crippen LogP) is 10.3. The molecule has 2 aromatic heterocycles. The molecule has 7 rings (SSSR count). The van der Waals surface area contributed by atoms with Gasteiger partial charge in [-0.05, 0) is 72.2 Å². The minimum atomic E-state index is -0.245. The molecule has 0 bridgehead atoms. The third-order valence-electron chi connectivity index (χ3n) is 8.37. The third kappa shape index (κ3) is 5.07. The van der Waals surface area contributed by atoms with Gasteiger partial charge in [0.1, 0.15) is 22.7 Å². The lowest BCUT2D eigenvalue weighted by atomic mass is 9.92. The lowest BCUT2D eigenvalue weighted by Crippen LogP contribution is -2.03. The molecule has 2 heterocycles. The molecule has 0 aliphatic heterocycles. The van der Waals surface area contributed by atoms with Crippen molar-refractivity contribution in [2.24, 2.45) is 0 Å². The summed E-state index contributed by atoms with van der Waals surface area (Å²) in [6.07, 6.45) is 1.49. The zero-order chi connectivity index (χ0) is 31.2. The highest BCUT2D eigenvalue weighted by molar-refractivity contribution is 7.00. The van der Waals surface area contributed by atoms with Crippen LogP contribution in [0.15, 0.2) is 84.9 Å². The van der Waals surface area contributed by atoms with Gasteiger partial charge in [0.2, 0.25) is 0 Å². The van der Waals surface area contributed by atoms with E-state index in [0.717, 1.165) is 103 Å². The van der Waals surface area contributed by atoms with Crippen LogP contribution in [0.25, 0.3) is 66.6 Å². The maximum Gasteiger partial charge on any atom is 0.131 e. The van der Waals surface area contributed by atoms with Crippen LogP contribution in [0.5, 0.6) is 0 Å². The van der Waals surface area contributed by atoms with Crippen LogP contribution in [0, 0.1) is 25.5 Å². The Morgan fingerprint density at radius 1 is 0.511 bits per heavy atom. The van der Waals surface area contributed by atoms with Gasteiger partial charge in [-0.1, -0.05) is 86.6 Å². The van der Waals surface area contributed by atoms with Gasteiger partial charge in [-0.3, -0.25) is 0 Å². The molecule has 0 amide bonds. The summed E-state index contributed by atoms with van der Waals surface area (Å²) in [6.45, 7) is 7.94. The summed E-state index contributed by atoms with van der Waals surface area (Å²) in [5.74, 6) is -0.490. The maximum absolute atomic E-state index is 14.8. The van der Waals surface area contributed by atoms with Gasteiger partial charge < -0.3 is 0 Å². The molecule has 7 aromatic rings. The molecule has 7 heteroatoms. The number of aryl methyl sites for hydroxylation is 4. The van der Waals surface area contributed by atoms with Gasteiger partial charge in [-0.15, -0.1) is 0 Å². The molecule has 0 fully saturated rings. The van der Waals surface area contributed by atoms with Gasteiger partial charge in [-0.2, -0.15) is 8.75 Å². The average molecular weight is 613 g/mol. The molecule has 0 radical (unpaired) electrons. The summed E-state index contributed by atoms with van der Waals surface area (Å²) >= 11 is 1.15. The van der Waals surface area contributed by atoms with Crippen molar-refractivity contribution in [3.05, 3.63) is 119 Å². The Balaban J connectivity index is 1.44. The number of benzene rings is 5. The second kappa shape index (κ2) is 11.6. The molecule has 0 atom stereocenters. The molecule has 0 saturated carbocycles. The van der Waals surface area contributed by atoms with E-state index in [1.165, 1.54) is 0 Å². The molecule has 0 N–H and O–H groups in total. The summed E-state index contributed by atoms with van der Waals surface area (Å²) in [4.78, 5) is 10.4. The number of aromatic nitrogens is 4. The fraction of sp³-hybridized carbons (Fsp3) is 0.158. The second-order valence-electron chi connectivity index (χ2n) is 11.4. The predicted molar refractivity (Wildman–Crippen MR) is 180 cm³/mol. The normalized spacial score (nSPS) is 11.5. The van der Waals surface area contributed by atoms with Crippen LogP contribution in [-0.2, 0) is 12.8 Å². The highest BCUT2D eigenvalue weighted by atomic mass is 32.1. The van der Waals surface area contributed by atoms with E-state index in [-0.39, 0.29) is 11.6 Å². The quantitative estimate of drug-likeness (QED) is 0.188. The second-order valence-corrected chi connectivity index (χ2v) is 11.9. The van der Waals surface area contributed by atoms with E-state index in [1.54, 1.807) is 12.1 Å². The van der Waals surface area contributed by atoms with E-state index in [9.17, 15) is 8.78 Å². The summed E-state index contributed by atoms with van der Waals surface area (Å²) in [5, 5.41) is 0. The van der Waals surface area contributed by atoms with Crippen LogP contribution in [0.3, 0.4) is 0 Å². The molecule has 0 aliphatic carbocycles. The fourth-order valence-electron chi connectivity index (χ4n) is 6.05. The average Bonchev–Trinajstić information content (AvgIpc) is 3.52. The van der Waals surface area contributed by atoms with Crippen molar-refractivity contribution in [2.45, 2.75) is 40.5 Å². The first-order chi connectivity index (χ1) is 21.9. The first kappa shape index (κ1) is 28.9. The Bertz CT molecular complexity index is 2070. The van der Waals surface area contributed by atoms with Gasteiger partial charge in [0.25, 0.3) is 0 Å². The summed E-state index contributed by atoms with van der Waals surface area (Å²) in [6, 6.07) is 26.3. The number of fused-ring (bicyclic) bond motifs is 2. The van der Waals surface area contributed by atoms with Gasteiger partial charge >= 0.3 is 0 Å². The molecule has 0 aliphatic rings. The Hall–Kier alpha value is -4.88. The van der Waals surface area contributed by atoms with Crippen molar-refractivity contribution >= 4 is 33.8 Å². The molecule has 222 valence electrons. The molecule has 4 nitrogen and oxygen atoms in total. The first-order valence-corrected chi connectivity index (χ1v) is 15.8. The number of nitrogens with zero attached hydrogens (tertiary/aromatic N) is 4. The summed E-state index contributed by atoms with van der Waals surface area (Å²) < 4.78 is 39.1. The largest absolute Gasteiger partial charge is 0.249 e. The van der Waals surface area contributed by atoms with E-state index in [4.69, 9.17) is 18.7 Å². The highest BCUT2D eigenvalue weighted by Crippen LogP contribution is 2.42. The molecular weight excluding hydrogens is 583 g/mol. The fourth-order valence-corrected chi connectivity index (χ4v) is 6.61. The zero-order valence-electron chi connectivity index (χ0n) is 25.5. The van der Waals surface area contributed by atoms with Gasteiger partial charge in [0.05, 0.1) is 34.1 Å². The lowest BCUT2D eigenvalue weighted by Gasteiger charge is -2.16. The first-order valence-electron chi connectivity index (χ1n) is 15.1. The van der Waals surface area contributed by atoms with Crippen molar-refractivity contribution < 1.29 is 8.78 Å².